The topological polar surface area (TPSA) is 52.6 Å². The summed E-state index contributed by atoms with van der Waals surface area (Å²) >= 11 is 0. The number of amides is 2. The molecule has 2 amide bonds. The minimum atomic E-state index is -0.220. The van der Waals surface area contributed by atoms with Crippen LogP contribution in [0.4, 0.5) is 10.5 Å². The Labute approximate surface area is 88.5 Å². The second kappa shape index (κ2) is 3.15. The zero-order chi connectivity index (χ0) is 11.1. The molecule has 0 atom stereocenters. The second-order valence-electron chi connectivity index (χ2n) is 4.42. The van der Waals surface area contributed by atoms with Gasteiger partial charge in [-0.05, 0) is 26.0 Å². The molecule has 1 aromatic carbocycles. The molecule has 1 aliphatic heterocycles. The summed E-state index contributed by atoms with van der Waals surface area (Å²) in [5, 5.41) is 12.2. The fraction of sp³-hybridized carbons (Fsp3) is 0.364. The summed E-state index contributed by atoms with van der Waals surface area (Å²) in [5.74, 6) is 0.171. The van der Waals surface area contributed by atoms with Crippen LogP contribution in [0.1, 0.15) is 13.8 Å². The van der Waals surface area contributed by atoms with E-state index < -0.39 is 0 Å². The standard InChI is InChI=1S/C11H14N2O2/c1-11(2)7-13(10(15)12-11)8-4-3-5-9(14)6-8/h3-6,14H,7H2,1-2H3,(H,12,15). The number of hydrogen-bond acceptors (Lipinski definition) is 2. The Kier molecular flexibility index (Phi) is 2.07. The van der Waals surface area contributed by atoms with E-state index in [2.05, 4.69) is 5.32 Å². The molecule has 0 spiro atoms. The smallest absolute Gasteiger partial charge is 0.322 e. The zero-order valence-electron chi connectivity index (χ0n) is 8.82. The average Bonchev–Trinajstić information content (AvgIpc) is 2.40. The predicted octanol–water partition coefficient (Wildman–Crippen LogP) is 1.70. The minimum Gasteiger partial charge on any atom is -0.508 e. The lowest BCUT2D eigenvalue weighted by Gasteiger charge is -2.17. The van der Waals surface area contributed by atoms with Crippen LogP contribution in [0.3, 0.4) is 0 Å². The van der Waals surface area contributed by atoms with E-state index in [1.807, 2.05) is 13.8 Å². The van der Waals surface area contributed by atoms with Gasteiger partial charge < -0.3 is 10.4 Å². The van der Waals surface area contributed by atoms with Crippen molar-refractivity contribution in [2.45, 2.75) is 19.4 Å². The van der Waals surface area contributed by atoms with E-state index in [1.165, 1.54) is 0 Å². The highest BCUT2D eigenvalue weighted by atomic mass is 16.3. The number of nitrogens with one attached hydrogen (secondary N) is 1. The largest absolute Gasteiger partial charge is 0.508 e. The van der Waals surface area contributed by atoms with Crippen molar-refractivity contribution < 1.29 is 9.90 Å². The molecule has 1 aliphatic rings. The lowest BCUT2D eigenvalue weighted by atomic mass is 10.1. The molecule has 2 N–H and O–H groups in total. The van der Waals surface area contributed by atoms with E-state index in [4.69, 9.17) is 0 Å². The van der Waals surface area contributed by atoms with Gasteiger partial charge in [-0.3, -0.25) is 4.90 Å². The van der Waals surface area contributed by atoms with Gasteiger partial charge in [0.05, 0.1) is 12.1 Å². The van der Waals surface area contributed by atoms with Crippen LogP contribution < -0.4 is 10.2 Å². The van der Waals surface area contributed by atoms with Crippen molar-refractivity contribution in [1.29, 1.82) is 0 Å². The highest BCUT2D eigenvalue weighted by molar-refractivity contribution is 5.95. The Bertz CT molecular complexity index is 401. The van der Waals surface area contributed by atoms with Gasteiger partial charge in [0.25, 0.3) is 0 Å². The van der Waals surface area contributed by atoms with Gasteiger partial charge in [-0.2, -0.15) is 0 Å². The average molecular weight is 206 g/mol. The van der Waals surface area contributed by atoms with Gasteiger partial charge in [-0.25, -0.2) is 4.79 Å². The van der Waals surface area contributed by atoms with Crippen molar-refractivity contribution in [2.75, 3.05) is 11.4 Å². The molecule has 0 aliphatic carbocycles. The number of urea groups is 1. The van der Waals surface area contributed by atoms with E-state index in [0.717, 1.165) is 5.69 Å². The number of aromatic hydroxyl groups is 1. The number of carbonyl (C=O) groups is 1. The second-order valence-corrected chi connectivity index (χ2v) is 4.42. The molecule has 80 valence electrons. The van der Waals surface area contributed by atoms with Crippen molar-refractivity contribution >= 4 is 11.7 Å². The van der Waals surface area contributed by atoms with Gasteiger partial charge in [0.2, 0.25) is 0 Å². The molecular weight excluding hydrogens is 192 g/mol. The third-order valence-corrected chi connectivity index (χ3v) is 2.39. The maximum Gasteiger partial charge on any atom is 0.322 e. The summed E-state index contributed by atoms with van der Waals surface area (Å²) in [6.45, 7) is 4.54. The maximum atomic E-state index is 11.6. The fourth-order valence-corrected chi connectivity index (χ4v) is 1.73. The van der Waals surface area contributed by atoms with Crippen LogP contribution in [0.2, 0.25) is 0 Å². The Morgan fingerprint density at radius 1 is 1.47 bits per heavy atom. The molecule has 0 aromatic heterocycles. The quantitative estimate of drug-likeness (QED) is 0.734. The van der Waals surface area contributed by atoms with Crippen LogP contribution in [-0.4, -0.2) is 23.2 Å². The van der Waals surface area contributed by atoms with Gasteiger partial charge in [0.15, 0.2) is 0 Å². The number of benzene rings is 1. The van der Waals surface area contributed by atoms with Crippen molar-refractivity contribution in [1.82, 2.24) is 5.32 Å². The molecule has 0 radical (unpaired) electrons. The van der Waals surface area contributed by atoms with Crippen LogP contribution in [0.25, 0.3) is 0 Å². The molecule has 4 heteroatoms. The van der Waals surface area contributed by atoms with Crippen LogP contribution in [0, 0.1) is 0 Å². The fourth-order valence-electron chi connectivity index (χ4n) is 1.73. The summed E-state index contributed by atoms with van der Waals surface area (Å²) in [5.41, 5.74) is 0.501. The number of nitrogens with zero attached hydrogens (tertiary/aromatic N) is 1. The highest BCUT2D eigenvalue weighted by Crippen LogP contribution is 2.25. The van der Waals surface area contributed by atoms with Gasteiger partial charge in [-0.15, -0.1) is 0 Å². The molecule has 1 aromatic rings. The van der Waals surface area contributed by atoms with Crippen molar-refractivity contribution in [3.05, 3.63) is 24.3 Å². The van der Waals surface area contributed by atoms with Gasteiger partial charge in [-0.1, -0.05) is 6.07 Å². The normalized spacial score (nSPS) is 19.1. The maximum absolute atomic E-state index is 11.6. The third-order valence-electron chi connectivity index (χ3n) is 2.39. The molecule has 1 saturated heterocycles. The summed E-state index contributed by atoms with van der Waals surface area (Å²) in [7, 11) is 0. The number of phenolic OH excluding ortho intramolecular Hbond substituents is 1. The van der Waals surface area contributed by atoms with Crippen LogP contribution in [-0.2, 0) is 0 Å². The molecule has 0 saturated carbocycles. The van der Waals surface area contributed by atoms with Gasteiger partial charge >= 0.3 is 6.03 Å². The van der Waals surface area contributed by atoms with Gasteiger partial charge in [0, 0.05) is 11.8 Å². The lowest BCUT2D eigenvalue weighted by Crippen LogP contribution is -2.36. The van der Waals surface area contributed by atoms with Crippen LogP contribution in [0.5, 0.6) is 5.75 Å². The van der Waals surface area contributed by atoms with Crippen molar-refractivity contribution in [3.8, 4) is 5.75 Å². The van der Waals surface area contributed by atoms with E-state index in [-0.39, 0.29) is 17.3 Å². The Hall–Kier alpha value is -1.71. The number of phenols is 1. The number of carbonyl (C=O) groups excluding carboxylic acids is 1. The van der Waals surface area contributed by atoms with Crippen LogP contribution >= 0.6 is 0 Å². The first-order valence-electron chi connectivity index (χ1n) is 4.87. The predicted molar refractivity (Wildman–Crippen MR) is 58.1 cm³/mol. The van der Waals surface area contributed by atoms with Crippen molar-refractivity contribution in [2.24, 2.45) is 0 Å². The van der Waals surface area contributed by atoms with E-state index in [9.17, 15) is 9.90 Å². The molecular formula is C11H14N2O2. The Morgan fingerprint density at radius 2 is 2.20 bits per heavy atom. The number of hydrogen-bond donors (Lipinski definition) is 2. The highest BCUT2D eigenvalue weighted by Gasteiger charge is 2.35. The Morgan fingerprint density at radius 3 is 2.73 bits per heavy atom. The molecule has 0 unspecified atom stereocenters. The summed E-state index contributed by atoms with van der Waals surface area (Å²) in [4.78, 5) is 13.3. The monoisotopic (exact) mass is 206 g/mol. The first-order valence-corrected chi connectivity index (χ1v) is 4.87. The lowest BCUT2D eigenvalue weighted by molar-refractivity contribution is 0.249. The summed E-state index contributed by atoms with van der Waals surface area (Å²) in [6, 6.07) is 6.58. The molecule has 1 heterocycles. The molecule has 2 rings (SSSR count). The van der Waals surface area contributed by atoms with E-state index in [0.29, 0.717) is 6.54 Å². The molecule has 1 fully saturated rings. The van der Waals surface area contributed by atoms with Crippen molar-refractivity contribution in [3.63, 3.8) is 0 Å². The Balaban J connectivity index is 2.29. The van der Waals surface area contributed by atoms with Gasteiger partial charge in [0.1, 0.15) is 5.75 Å². The molecule has 15 heavy (non-hydrogen) atoms. The molecule has 0 bridgehead atoms. The number of rotatable bonds is 1. The summed E-state index contributed by atoms with van der Waals surface area (Å²) in [6.07, 6.45) is 0. The number of anilines is 1. The first kappa shape index (κ1) is 9.83. The third kappa shape index (κ3) is 1.88. The van der Waals surface area contributed by atoms with E-state index in [1.54, 1.807) is 29.2 Å². The minimum absolute atomic E-state index is 0.120. The van der Waals surface area contributed by atoms with E-state index >= 15 is 0 Å². The SMILES string of the molecule is CC1(C)CN(c2cccc(O)c2)C(=O)N1. The summed E-state index contributed by atoms with van der Waals surface area (Å²) < 4.78 is 0. The zero-order valence-corrected chi connectivity index (χ0v) is 8.82. The van der Waals surface area contributed by atoms with Crippen LogP contribution in [0.15, 0.2) is 24.3 Å². The first-order chi connectivity index (χ1) is 6.98. The molecule has 4 nitrogen and oxygen atoms in total.